The summed E-state index contributed by atoms with van der Waals surface area (Å²) in [7, 11) is 3.59. The van der Waals surface area contributed by atoms with Gasteiger partial charge in [-0.25, -0.2) is 0 Å². The van der Waals surface area contributed by atoms with E-state index in [1.54, 1.807) is 18.4 Å². The molecule has 5 heteroatoms. The van der Waals surface area contributed by atoms with E-state index in [9.17, 15) is 4.79 Å². The number of thiophene rings is 1. The molecule has 134 valence electrons. The molecule has 0 radical (unpaired) electrons. The Kier molecular flexibility index (Phi) is 6.04. The van der Waals surface area contributed by atoms with Crippen LogP contribution in [0.15, 0.2) is 72.1 Å². The van der Waals surface area contributed by atoms with E-state index in [0.717, 1.165) is 11.3 Å². The third-order valence-corrected chi connectivity index (χ3v) is 4.99. The van der Waals surface area contributed by atoms with E-state index in [0.29, 0.717) is 12.3 Å². The maximum absolute atomic E-state index is 13.1. The van der Waals surface area contributed by atoms with Crippen LogP contribution < -0.4 is 10.1 Å². The van der Waals surface area contributed by atoms with Gasteiger partial charge in [0.15, 0.2) is 0 Å². The quantitative estimate of drug-likeness (QED) is 0.666. The first-order valence-electron chi connectivity index (χ1n) is 8.40. The van der Waals surface area contributed by atoms with Gasteiger partial charge in [-0.2, -0.15) is 0 Å². The zero-order valence-corrected chi connectivity index (χ0v) is 15.7. The van der Waals surface area contributed by atoms with Crippen molar-refractivity contribution in [3.63, 3.8) is 0 Å². The minimum Gasteiger partial charge on any atom is -0.497 e. The molecule has 0 spiro atoms. The molecule has 1 atom stereocenters. The van der Waals surface area contributed by atoms with Crippen LogP contribution in [0.3, 0.4) is 0 Å². The number of likely N-dealkylation sites (N-methyl/N-ethyl adjacent to an activating group) is 1. The summed E-state index contributed by atoms with van der Waals surface area (Å²) in [6.07, 6.45) is 0. The van der Waals surface area contributed by atoms with Crippen LogP contribution in [0, 0.1) is 0 Å². The third kappa shape index (κ3) is 4.50. The number of hydrogen-bond acceptors (Lipinski definition) is 4. The van der Waals surface area contributed by atoms with E-state index in [2.05, 4.69) is 21.7 Å². The van der Waals surface area contributed by atoms with Crippen LogP contribution in [0.5, 0.6) is 5.75 Å². The van der Waals surface area contributed by atoms with Crippen LogP contribution in [-0.2, 0) is 11.3 Å². The first-order valence-corrected chi connectivity index (χ1v) is 9.28. The predicted molar refractivity (Wildman–Crippen MR) is 107 cm³/mol. The average molecular weight is 366 g/mol. The summed E-state index contributed by atoms with van der Waals surface area (Å²) in [6, 6.07) is 21.0. The van der Waals surface area contributed by atoms with E-state index in [4.69, 9.17) is 4.74 Å². The highest BCUT2D eigenvalue weighted by atomic mass is 32.1. The number of rotatable bonds is 7. The van der Waals surface area contributed by atoms with Crippen LogP contribution in [0.1, 0.15) is 16.5 Å². The Hall–Kier alpha value is -2.63. The van der Waals surface area contributed by atoms with Crippen molar-refractivity contribution in [1.29, 1.82) is 0 Å². The number of amides is 1. The third-order valence-electron chi connectivity index (χ3n) is 4.13. The van der Waals surface area contributed by atoms with Gasteiger partial charge in [-0.05, 0) is 36.2 Å². The lowest BCUT2D eigenvalue weighted by Gasteiger charge is -2.27. The number of carbonyl (C=O) groups is 1. The molecule has 1 amide bonds. The molecule has 1 heterocycles. The Morgan fingerprint density at radius 2 is 1.92 bits per heavy atom. The summed E-state index contributed by atoms with van der Waals surface area (Å²) in [5.74, 6) is 0.648. The lowest BCUT2D eigenvalue weighted by Crippen LogP contribution is -2.34. The molecule has 1 aromatic heterocycles. The van der Waals surface area contributed by atoms with Gasteiger partial charge in [0.1, 0.15) is 11.8 Å². The van der Waals surface area contributed by atoms with E-state index >= 15 is 0 Å². The fourth-order valence-corrected chi connectivity index (χ4v) is 3.66. The maximum atomic E-state index is 13.1. The van der Waals surface area contributed by atoms with Gasteiger partial charge in [-0.3, -0.25) is 9.69 Å². The number of nitrogens with one attached hydrogen (secondary N) is 1. The average Bonchev–Trinajstić information content (AvgIpc) is 3.16. The van der Waals surface area contributed by atoms with Crippen molar-refractivity contribution >= 4 is 22.9 Å². The molecule has 0 saturated heterocycles. The Labute approximate surface area is 158 Å². The molecule has 0 aliphatic rings. The van der Waals surface area contributed by atoms with E-state index < -0.39 is 0 Å². The fraction of sp³-hybridized carbons (Fsp3) is 0.190. The summed E-state index contributed by atoms with van der Waals surface area (Å²) in [6.45, 7) is 0.711. The van der Waals surface area contributed by atoms with Crippen molar-refractivity contribution in [3.05, 3.63) is 82.6 Å². The van der Waals surface area contributed by atoms with Gasteiger partial charge in [0.2, 0.25) is 5.91 Å². The molecular weight excluding hydrogens is 344 g/mol. The predicted octanol–water partition coefficient (Wildman–Crippen LogP) is 4.57. The van der Waals surface area contributed by atoms with Gasteiger partial charge < -0.3 is 10.1 Å². The molecule has 1 N–H and O–H groups in total. The second kappa shape index (κ2) is 8.65. The van der Waals surface area contributed by atoms with Crippen molar-refractivity contribution in [2.45, 2.75) is 12.6 Å². The number of nitrogens with zero attached hydrogens (tertiary/aromatic N) is 1. The molecule has 0 saturated carbocycles. The zero-order chi connectivity index (χ0) is 18.4. The Balaban J connectivity index is 1.83. The van der Waals surface area contributed by atoms with Gasteiger partial charge in [0.25, 0.3) is 0 Å². The second-order valence-corrected chi connectivity index (χ2v) is 7.06. The molecule has 3 rings (SSSR count). The Morgan fingerprint density at radius 3 is 2.62 bits per heavy atom. The summed E-state index contributed by atoms with van der Waals surface area (Å²) in [5.41, 5.74) is 1.69. The number of methoxy groups -OCH3 is 1. The summed E-state index contributed by atoms with van der Waals surface area (Å²) in [4.78, 5) is 16.4. The van der Waals surface area contributed by atoms with Crippen LogP contribution >= 0.6 is 11.3 Å². The Bertz CT molecular complexity index is 834. The molecule has 0 fully saturated rings. The first-order chi connectivity index (χ1) is 12.7. The standard InChI is InChI=1S/C21H22N2O2S/c1-23(15-19-12-7-13-26-19)20(16-8-4-3-5-9-16)21(24)22-17-10-6-11-18(14-17)25-2/h3-14,20H,15H2,1-2H3,(H,22,24)/t20-/m1/s1. The number of carbonyl (C=O) groups excluding carboxylic acids is 1. The SMILES string of the molecule is COc1cccc(NC(=O)[C@@H](c2ccccc2)N(C)Cc2cccs2)c1. The highest BCUT2D eigenvalue weighted by molar-refractivity contribution is 7.09. The molecule has 26 heavy (non-hydrogen) atoms. The molecule has 0 unspecified atom stereocenters. The number of hydrogen-bond donors (Lipinski definition) is 1. The van der Waals surface area contributed by atoms with Crippen molar-refractivity contribution in [3.8, 4) is 5.75 Å². The van der Waals surface area contributed by atoms with Crippen LogP contribution in [-0.4, -0.2) is 25.0 Å². The normalized spacial score (nSPS) is 12.0. The van der Waals surface area contributed by atoms with Crippen LogP contribution in [0.2, 0.25) is 0 Å². The molecular formula is C21H22N2O2S. The van der Waals surface area contributed by atoms with Crippen LogP contribution in [0.25, 0.3) is 0 Å². The molecule has 4 nitrogen and oxygen atoms in total. The lowest BCUT2D eigenvalue weighted by molar-refractivity contribution is -0.121. The number of ether oxygens (including phenoxy) is 1. The number of benzene rings is 2. The van der Waals surface area contributed by atoms with Gasteiger partial charge in [-0.15, -0.1) is 11.3 Å². The minimum atomic E-state index is -0.385. The molecule has 0 bridgehead atoms. The highest BCUT2D eigenvalue weighted by Crippen LogP contribution is 2.25. The smallest absolute Gasteiger partial charge is 0.246 e. The first kappa shape index (κ1) is 18.2. The summed E-state index contributed by atoms with van der Waals surface area (Å²) >= 11 is 1.69. The largest absolute Gasteiger partial charge is 0.497 e. The lowest BCUT2D eigenvalue weighted by atomic mass is 10.0. The highest BCUT2D eigenvalue weighted by Gasteiger charge is 2.25. The van der Waals surface area contributed by atoms with Crippen molar-refractivity contribution in [2.75, 3.05) is 19.5 Å². The van der Waals surface area contributed by atoms with Crippen molar-refractivity contribution in [2.24, 2.45) is 0 Å². The zero-order valence-electron chi connectivity index (χ0n) is 14.9. The van der Waals surface area contributed by atoms with E-state index in [1.165, 1.54) is 4.88 Å². The molecule has 2 aromatic carbocycles. The van der Waals surface area contributed by atoms with Gasteiger partial charge >= 0.3 is 0 Å². The molecule has 0 aliphatic carbocycles. The van der Waals surface area contributed by atoms with Gasteiger partial charge in [0, 0.05) is 23.2 Å². The fourth-order valence-electron chi connectivity index (χ4n) is 2.89. The molecule has 3 aromatic rings. The van der Waals surface area contributed by atoms with Crippen molar-refractivity contribution < 1.29 is 9.53 Å². The van der Waals surface area contributed by atoms with E-state index in [1.807, 2.05) is 67.7 Å². The van der Waals surface area contributed by atoms with Crippen molar-refractivity contribution in [1.82, 2.24) is 4.90 Å². The monoisotopic (exact) mass is 366 g/mol. The topological polar surface area (TPSA) is 41.6 Å². The van der Waals surface area contributed by atoms with Crippen LogP contribution in [0.4, 0.5) is 5.69 Å². The maximum Gasteiger partial charge on any atom is 0.246 e. The Morgan fingerprint density at radius 1 is 1.12 bits per heavy atom. The summed E-state index contributed by atoms with van der Waals surface area (Å²) in [5, 5.41) is 5.07. The van der Waals surface area contributed by atoms with Gasteiger partial charge in [0.05, 0.1) is 7.11 Å². The van der Waals surface area contributed by atoms with E-state index in [-0.39, 0.29) is 11.9 Å². The second-order valence-electron chi connectivity index (χ2n) is 6.03. The molecule has 0 aliphatic heterocycles. The van der Waals surface area contributed by atoms with Gasteiger partial charge in [-0.1, -0.05) is 42.5 Å². The minimum absolute atomic E-state index is 0.0662. The number of anilines is 1. The summed E-state index contributed by atoms with van der Waals surface area (Å²) < 4.78 is 5.24.